The number of nitrogens with one attached hydrogen (secondary N) is 1. The lowest BCUT2D eigenvalue weighted by atomic mass is 10.0. The molecule has 1 fully saturated rings. The molecule has 0 aliphatic carbocycles. The first-order valence-corrected chi connectivity index (χ1v) is 11.1. The van der Waals surface area contributed by atoms with Gasteiger partial charge in [-0.05, 0) is 37.5 Å². The van der Waals surface area contributed by atoms with Gasteiger partial charge in [0.05, 0.1) is 29.9 Å². The molecule has 2 unspecified atom stereocenters. The maximum absolute atomic E-state index is 12.4. The van der Waals surface area contributed by atoms with Crippen molar-refractivity contribution >= 4 is 37.7 Å². The molecule has 4 rings (SSSR count). The van der Waals surface area contributed by atoms with Crippen molar-refractivity contribution in [1.29, 1.82) is 0 Å². The number of aliphatic hydroxyl groups excluding tert-OH is 1. The highest BCUT2D eigenvalue weighted by Crippen LogP contribution is 2.29. The van der Waals surface area contributed by atoms with E-state index in [1.165, 1.54) is 0 Å². The van der Waals surface area contributed by atoms with Crippen LogP contribution in [0.2, 0.25) is 0 Å². The number of hydrogen-bond acceptors (Lipinski definition) is 7. The molecule has 3 aromatic rings. The second-order valence-corrected chi connectivity index (χ2v) is 9.73. The van der Waals surface area contributed by atoms with E-state index in [0.717, 1.165) is 21.9 Å². The number of sulfone groups is 1. The summed E-state index contributed by atoms with van der Waals surface area (Å²) in [6.07, 6.45) is 0.651. The Balaban J connectivity index is 1.56. The van der Waals surface area contributed by atoms with Crippen molar-refractivity contribution < 1.29 is 27.2 Å². The third-order valence-corrected chi connectivity index (χ3v) is 7.16. The Bertz CT molecular complexity index is 1290. The van der Waals surface area contributed by atoms with E-state index in [1.54, 1.807) is 19.3 Å². The summed E-state index contributed by atoms with van der Waals surface area (Å²) in [4.78, 5) is 24.7. The van der Waals surface area contributed by atoms with Crippen LogP contribution >= 0.6 is 0 Å². The van der Waals surface area contributed by atoms with Gasteiger partial charge in [0.1, 0.15) is 11.2 Å². The Morgan fingerprint density at radius 3 is 2.66 bits per heavy atom. The van der Waals surface area contributed by atoms with Gasteiger partial charge in [-0.1, -0.05) is 0 Å². The summed E-state index contributed by atoms with van der Waals surface area (Å²) >= 11 is 0. The van der Waals surface area contributed by atoms with Gasteiger partial charge in [0.2, 0.25) is 5.91 Å². The summed E-state index contributed by atoms with van der Waals surface area (Å²) in [5.41, 5.74) is 2.63. The van der Waals surface area contributed by atoms with Crippen LogP contribution in [-0.4, -0.2) is 43.1 Å². The minimum Gasteiger partial charge on any atom is -0.464 e. The average molecular weight is 419 g/mol. The predicted molar refractivity (Wildman–Crippen MR) is 107 cm³/mol. The Labute approximate surface area is 166 Å². The van der Waals surface area contributed by atoms with Crippen molar-refractivity contribution in [2.24, 2.45) is 0 Å². The van der Waals surface area contributed by atoms with Crippen LogP contribution in [-0.2, 0) is 21.1 Å². The first-order chi connectivity index (χ1) is 13.6. The minimum atomic E-state index is -3.35. The van der Waals surface area contributed by atoms with Gasteiger partial charge in [0.15, 0.2) is 9.84 Å². The highest BCUT2D eigenvalue weighted by Gasteiger charge is 2.37. The van der Waals surface area contributed by atoms with Gasteiger partial charge in [0.25, 0.3) is 0 Å². The van der Waals surface area contributed by atoms with Crippen LogP contribution in [0.3, 0.4) is 0 Å². The third kappa shape index (κ3) is 3.67. The second kappa shape index (κ2) is 7.00. The third-order valence-electron chi connectivity index (χ3n) is 5.45. The van der Waals surface area contributed by atoms with E-state index in [-0.39, 0.29) is 24.3 Å². The van der Waals surface area contributed by atoms with Gasteiger partial charge >= 0.3 is 5.63 Å². The molecule has 1 amide bonds. The fraction of sp³-hybridized carbons (Fsp3) is 0.400. The molecule has 8 nitrogen and oxygen atoms in total. The fourth-order valence-electron chi connectivity index (χ4n) is 3.81. The molecular weight excluding hydrogens is 398 g/mol. The average Bonchev–Trinajstić information content (AvgIpc) is 3.11. The number of aliphatic hydroxyl groups is 1. The molecule has 154 valence electrons. The maximum atomic E-state index is 12.4. The molecule has 2 aromatic heterocycles. The monoisotopic (exact) mass is 419 g/mol. The van der Waals surface area contributed by atoms with Gasteiger partial charge < -0.3 is 19.3 Å². The van der Waals surface area contributed by atoms with Gasteiger partial charge in [-0.15, -0.1) is 0 Å². The summed E-state index contributed by atoms with van der Waals surface area (Å²) in [5.74, 6) is -1.06. The van der Waals surface area contributed by atoms with Crippen molar-refractivity contribution in [2.45, 2.75) is 38.8 Å². The number of carbonyl (C=O) groups excluding carboxylic acids is 1. The van der Waals surface area contributed by atoms with E-state index in [1.807, 2.05) is 13.0 Å². The summed E-state index contributed by atoms with van der Waals surface area (Å²) in [6.45, 7) is 3.73. The molecule has 9 heteroatoms. The minimum absolute atomic E-state index is 0.0205. The standard InChI is InChI=1S/C20H21NO7S/c1-10-7-27-17-6-18-14(5-13(10)17)11(2)12(20(24)28-18)3-4-19(23)21-15-8-29(25,26)9-16(15)22/h5-7,15-16,22H,3-4,8-9H2,1-2H3,(H,21,23). The quantitative estimate of drug-likeness (QED) is 0.611. The number of hydrogen-bond donors (Lipinski definition) is 2. The maximum Gasteiger partial charge on any atom is 0.339 e. The van der Waals surface area contributed by atoms with Crippen LogP contribution in [0, 0.1) is 13.8 Å². The van der Waals surface area contributed by atoms with E-state index in [2.05, 4.69) is 5.32 Å². The molecule has 0 radical (unpaired) electrons. The second-order valence-electron chi connectivity index (χ2n) is 7.57. The number of furan rings is 1. The van der Waals surface area contributed by atoms with Gasteiger partial charge in [-0.2, -0.15) is 0 Å². The Morgan fingerprint density at radius 2 is 1.97 bits per heavy atom. The largest absolute Gasteiger partial charge is 0.464 e. The van der Waals surface area contributed by atoms with Crippen LogP contribution in [0.4, 0.5) is 0 Å². The molecule has 1 aliphatic rings. The lowest BCUT2D eigenvalue weighted by Crippen LogP contribution is -2.42. The molecule has 2 N–H and O–H groups in total. The van der Waals surface area contributed by atoms with Crippen molar-refractivity contribution in [3.05, 3.63) is 45.5 Å². The fourth-order valence-corrected chi connectivity index (χ4v) is 5.55. The van der Waals surface area contributed by atoms with Gasteiger partial charge in [0, 0.05) is 28.8 Å². The number of amides is 1. The molecule has 0 spiro atoms. The van der Waals surface area contributed by atoms with Crippen LogP contribution < -0.4 is 10.9 Å². The van der Waals surface area contributed by atoms with Crippen molar-refractivity contribution in [2.75, 3.05) is 11.5 Å². The van der Waals surface area contributed by atoms with E-state index < -0.39 is 33.5 Å². The summed E-state index contributed by atoms with van der Waals surface area (Å²) in [6, 6.07) is 2.77. The molecule has 0 bridgehead atoms. The molecule has 1 aromatic carbocycles. The molecule has 3 heterocycles. The van der Waals surface area contributed by atoms with E-state index in [9.17, 15) is 23.1 Å². The Kier molecular flexibility index (Phi) is 4.74. The number of rotatable bonds is 4. The summed E-state index contributed by atoms with van der Waals surface area (Å²) in [7, 11) is -3.35. The van der Waals surface area contributed by atoms with Crippen molar-refractivity contribution in [3.63, 3.8) is 0 Å². The summed E-state index contributed by atoms with van der Waals surface area (Å²) in [5, 5.41) is 14.0. The van der Waals surface area contributed by atoms with Gasteiger partial charge in [-0.25, -0.2) is 13.2 Å². The molecule has 1 saturated heterocycles. The predicted octanol–water partition coefficient (Wildman–Crippen LogP) is 1.36. The van der Waals surface area contributed by atoms with Crippen molar-refractivity contribution in [3.8, 4) is 0 Å². The lowest BCUT2D eigenvalue weighted by molar-refractivity contribution is -0.122. The first-order valence-electron chi connectivity index (χ1n) is 9.26. The summed E-state index contributed by atoms with van der Waals surface area (Å²) < 4.78 is 34.0. The highest BCUT2D eigenvalue weighted by atomic mass is 32.2. The lowest BCUT2D eigenvalue weighted by Gasteiger charge is -2.15. The van der Waals surface area contributed by atoms with Crippen LogP contribution in [0.5, 0.6) is 0 Å². The zero-order valence-electron chi connectivity index (χ0n) is 16.0. The number of benzene rings is 1. The van der Waals surface area contributed by atoms with Gasteiger partial charge in [-0.3, -0.25) is 4.79 Å². The molecule has 0 saturated carbocycles. The van der Waals surface area contributed by atoms with E-state index >= 15 is 0 Å². The molecule has 1 aliphatic heterocycles. The zero-order chi connectivity index (χ0) is 20.9. The van der Waals surface area contributed by atoms with Crippen LogP contribution in [0.15, 0.2) is 32.0 Å². The molecule has 29 heavy (non-hydrogen) atoms. The Hall–Kier alpha value is -2.65. The number of carbonyl (C=O) groups is 1. The number of fused-ring (bicyclic) bond motifs is 2. The topological polar surface area (TPSA) is 127 Å². The molecule has 2 atom stereocenters. The SMILES string of the molecule is Cc1coc2cc3oc(=O)c(CCC(=O)NC4CS(=O)(=O)CC4O)c(C)c3cc12. The smallest absolute Gasteiger partial charge is 0.339 e. The normalized spacial score (nSPS) is 21.1. The van der Waals surface area contributed by atoms with Crippen LogP contribution in [0.25, 0.3) is 21.9 Å². The first kappa shape index (κ1) is 19.7. The Morgan fingerprint density at radius 1 is 1.21 bits per heavy atom. The van der Waals surface area contributed by atoms with Crippen molar-refractivity contribution in [1.82, 2.24) is 5.32 Å². The van der Waals surface area contributed by atoms with E-state index in [4.69, 9.17) is 8.83 Å². The van der Waals surface area contributed by atoms with Crippen LogP contribution in [0.1, 0.15) is 23.1 Å². The molecular formula is C20H21NO7S. The zero-order valence-corrected chi connectivity index (χ0v) is 16.8. The number of aryl methyl sites for hydroxylation is 2. The van der Waals surface area contributed by atoms with E-state index in [0.29, 0.717) is 16.7 Å². The highest BCUT2D eigenvalue weighted by molar-refractivity contribution is 7.91.